The summed E-state index contributed by atoms with van der Waals surface area (Å²) < 4.78 is 33.2. The van der Waals surface area contributed by atoms with Crippen molar-refractivity contribution in [3.63, 3.8) is 0 Å². The first-order valence-electron chi connectivity index (χ1n) is 14.7. The van der Waals surface area contributed by atoms with E-state index >= 15 is 0 Å². The fourth-order valence-corrected chi connectivity index (χ4v) is 8.77. The number of ether oxygens (including phenoxy) is 1. The number of halogens is 2. The number of methoxy groups -OCH3 is 1. The van der Waals surface area contributed by atoms with Crippen molar-refractivity contribution >= 4 is 33.2 Å². The van der Waals surface area contributed by atoms with Gasteiger partial charge in [0.15, 0.2) is 0 Å². The number of nitrogens with zero attached hydrogens (tertiary/aromatic N) is 1. The van der Waals surface area contributed by atoms with Crippen LogP contribution in [0.1, 0.15) is 49.1 Å². The van der Waals surface area contributed by atoms with E-state index in [1.807, 2.05) is 24.3 Å². The highest BCUT2D eigenvalue weighted by molar-refractivity contribution is 7.89. The van der Waals surface area contributed by atoms with Gasteiger partial charge in [0.25, 0.3) is 0 Å². The highest BCUT2D eigenvalue weighted by Crippen LogP contribution is 2.44. The number of benzene rings is 3. The lowest BCUT2D eigenvalue weighted by atomic mass is 9.68. The summed E-state index contributed by atoms with van der Waals surface area (Å²) in [4.78, 5) is 0.309. The van der Waals surface area contributed by atoms with Crippen LogP contribution in [0.2, 0.25) is 10.0 Å². The molecule has 2 heterocycles. The number of hydrogen-bond acceptors (Lipinski definition) is 6. The zero-order valence-corrected chi connectivity index (χ0v) is 26.0. The van der Waals surface area contributed by atoms with Crippen LogP contribution in [0.5, 0.6) is 5.75 Å². The van der Waals surface area contributed by atoms with Gasteiger partial charge in [-0.3, -0.25) is 10.7 Å². The molecule has 1 saturated carbocycles. The van der Waals surface area contributed by atoms with Crippen molar-refractivity contribution in [2.24, 2.45) is 11.8 Å². The number of piperidine rings is 1. The quantitative estimate of drug-likeness (QED) is 0.293. The zero-order chi connectivity index (χ0) is 29.3. The van der Waals surface area contributed by atoms with E-state index in [0.29, 0.717) is 41.6 Å². The molecule has 10 heteroatoms. The first-order chi connectivity index (χ1) is 20.3. The molecule has 6 rings (SSSR count). The molecule has 2 saturated heterocycles. The maximum Gasteiger partial charge on any atom is 0.243 e. The van der Waals surface area contributed by atoms with E-state index in [0.717, 1.165) is 42.1 Å². The van der Waals surface area contributed by atoms with Crippen molar-refractivity contribution in [1.82, 2.24) is 20.5 Å². The highest BCUT2D eigenvalue weighted by Gasteiger charge is 2.43. The van der Waals surface area contributed by atoms with E-state index in [1.165, 1.54) is 11.1 Å². The molecule has 224 valence electrons. The molecule has 42 heavy (non-hydrogen) atoms. The van der Waals surface area contributed by atoms with E-state index in [1.54, 1.807) is 35.7 Å². The molecule has 3 aromatic carbocycles. The maximum absolute atomic E-state index is 13.2. The average molecular weight is 630 g/mol. The Bertz CT molecular complexity index is 1400. The Balaban J connectivity index is 1.11. The van der Waals surface area contributed by atoms with Crippen LogP contribution in [0.4, 0.5) is 0 Å². The number of hydrogen-bond donors (Lipinski definition) is 3. The molecule has 0 radical (unpaired) electrons. The Morgan fingerprint density at radius 1 is 0.833 bits per heavy atom. The summed E-state index contributed by atoms with van der Waals surface area (Å²) in [6, 6.07) is 23.8. The third kappa shape index (κ3) is 6.36. The van der Waals surface area contributed by atoms with Gasteiger partial charge in [0.1, 0.15) is 5.75 Å². The van der Waals surface area contributed by atoms with Gasteiger partial charge in [-0.05, 0) is 97.7 Å². The van der Waals surface area contributed by atoms with E-state index in [-0.39, 0.29) is 18.1 Å². The van der Waals surface area contributed by atoms with Crippen molar-refractivity contribution in [2.75, 3.05) is 20.2 Å². The number of fused-ring (bicyclic) bond motifs is 1. The van der Waals surface area contributed by atoms with Crippen LogP contribution in [0.25, 0.3) is 0 Å². The third-order valence-corrected chi connectivity index (χ3v) is 11.7. The Kier molecular flexibility index (Phi) is 9.12. The molecule has 7 nitrogen and oxygen atoms in total. The molecule has 1 aliphatic carbocycles. The minimum atomic E-state index is -3.53. The summed E-state index contributed by atoms with van der Waals surface area (Å²) in [5, 5.41) is 5.34. The monoisotopic (exact) mass is 628 g/mol. The SMILES string of the molecule is COc1ccc(S(=O)(=O)N2CCC(NC3NNC4CCC(C(c5ccc(Cl)cc5)c5ccc(Cl)cc5)CC43)CC2)cc1. The average Bonchev–Trinajstić information content (AvgIpc) is 3.41. The molecule has 3 N–H and O–H groups in total. The molecule has 0 amide bonds. The first-order valence-corrected chi connectivity index (χ1v) is 16.9. The summed E-state index contributed by atoms with van der Waals surface area (Å²) in [6.45, 7) is 0.996. The number of hydrazine groups is 1. The topological polar surface area (TPSA) is 82.7 Å². The predicted molar refractivity (Wildman–Crippen MR) is 167 cm³/mol. The summed E-state index contributed by atoms with van der Waals surface area (Å²) in [7, 11) is -1.95. The molecule has 2 aliphatic heterocycles. The molecule has 3 fully saturated rings. The van der Waals surface area contributed by atoms with Crippen LogP contribution < -0.4 is 20.9 Å². The lowest BCUT2D eigenvalue weighted by Crippen LogP contribution is -2.53. The van der Waals surface area contributed by atoms with Gasteiger partial charge in [0.05, 0.1) is 18.2 Å². The van der Waals surface area contributed by atoms with Crippen LogP contribution in [0.15, 0.2) is 77.7 Å². The van der Waals surface area contributed by atoms with E-state index in [4.69, 9.17) is 27.9 Å². The van der Waals surface area contributed by atoms with Gasteiger partial charge < -0.3 is 4.74 Å². The summed E-state index contributed by atoms with van der Waals surface area (Å²) in [5.74, 6) is 1.79. The van der Waals surface area contributed by atoms with Crippen molar-refractivity contribution in [3.05, 3.63) is 94.0 Å². The van der Waals surface area contributed by atoms with Crippen LogP contribution in [-0.4, -0.2) is 51.2 Å². The maximum atomic E-state index is 13.2. The Morgan fingerprint density at radius 3 is 2.00 bits per heavy atom. The second-order valence-electron chi connectivity index (χ2n) is 11.7. The van der Waals surface area contributed by atoms with Crippen molar-refractivity contribution in [3.8, 4) is 5.75 Å². The zero-order valence-electron chi connectivity index (χ0n) is 23.7. The minimum Gasteiger partial charge on any atom is -0.497 e. The third-order valence-electron chi connectivity index (χ3n) is 9.29. The Morgan fingerprint density at radius 2 is 1.43 bits per heavy atom. The van der Waals surface area contributed by atoms with E-state index < -0.39 is 10.0 Å². The Labute approximate surface area is 258 Å². The number of nitrogens with one attached hydrogen (secondary N) is 3. The van der Waals surface area contributed by atoms with Crippen LogP contribution in [0.3, 0.4) is 0 Å². The molecule has 0 bridgehead atoms. The Hall–Kier alpha value is -2.17. The van der Waals surface area contributed by atoms with Crippen molar-refractivity contribution in [2.45, 2.75) is 61.2 Å². The van der Waals surface area contributed by atoms with Gasteiger partial charge in [-0.1, -0.05) is 47.5 Å². The molecule has 0 aromatic heterocycles. The largest absolute Gasteiger partial charge is 0.497 e. The van der Waals surface area contributed by atoms with Gasteiger partial charge >= 0.3 is 0 Å². The normalized spacial score (nSPS) is 25.4. The molecular formula is C32H38Cl2N4O3S. The predicted octanol–water partition coefficient (Wildman–Crippen LogP) is 5.80. The summed E-state index contributed by atoms with van der Waals surface area (Å²) in [6.07, 6.45) is 4.96. The highest BCUT2D eigenvalue weighted by atomic mass is 35.5. The van der Waals surface area contributed by atoms with Crippen LogP contribution in [-0.2, 0) is 10.0 Å². The molecule has 4 unspecified atom stereocenters. The molecule has 0 spiro atoms. The van der Waals surface area contributed by atoms with Gasteiger partial charge in [-0.25, -0.2) is 13.8 Å². The van der Waals surface area contributed by atoms with E-state index in [2.05, 4.69) is 40.4 Å². The first kappa shape index (κ1) is 29.9. The molecular weight excluding hydrogens is 591 g/mol. The van der Waals surface area contributed by atoms with Gasteiger partial charge in [-0.2, -0.15) is 4.31 Å². The van der Waals surface area contributed by atoms with Gasteiger partial charge in [0, 0.05) is 47.1 Å². The van der Waals surface area contributed by atoms with Gasteiger partial charge in [-0.15, -0.1) is 0 Å². The fraction of sp³-hybridized carbons (Fsp3) is 0.438. The second kappa shape index (κ2) is 12.8. The van der Waals surface area contributed by atoms with E-state index in [9.17, 15) is 8.42 Å². The standard InChI is InChI=1S/C32H38Cl2N4O3S/c1-41-27-11-13-28(14-12-27)42(39,40)38-18-16-26(17-19-38)35-32-29-20-23(6-15-30(29)36-37-32)31(21-2-7-24(33)8-3-21)22-4-9-25(34)10-5-22/h2-5,7-14,23,26,29-32,35-37H,6,15-20H2,1H3. The molecule has 3 aromatic rings. The van der Waals surface area contributed by atoms with Gasteiger partial charge in [0.2, 0.25) is 10.0 Å². The smallest absolute Gasteiger partial charge is 0.243 e. The second-order valence-corrected chi connectivity index (χ2v) is 14.5. The number of rotatable bonds is 8. The van der Waals surface area contributed by atoms with Crippen molar-refractivity contribution < 1.29 is 13.2 Å². The summed E-state index contributed by atoms with van der Waals surface area (Å²) in [5.41, 5.74) is 9.64. The summed E-state index contributed by atoms with van der Waals surface area (Å²) >= 11 is 12.5. The molecule has 3 aliphatic rings. The lowest BCUT2D eigenvalue weighted by Gasteiger charge is -2.39. The van der Waals surface area contributed by atoms with Crippen LogP contribution in [0, 0.1) is 11.8 Å². The minimum absolute atomic E-state index is 0.128. The number of sulfonamides is 1. The van der Waals surface area contributed by atoms with Crippen LogP contribution >= 0.6 is 23.2 Å². The van der Waals surface area contributed by atoms with Crippen molar-refractivity contribution in [1.29, 1.82) is 0 Å². The fourth-order valence-electron chi connectivity index (χ4n) is 7.05. The lowest BCUT2D eigenvalue weighted by molar-refractivity contribution is 0.185. The molecule has 4 atom stereocenters.